The number of carboxylic acid groups (broad SMARTS) is 1. The van der Waals surface area contributed by atoms with Gasteiger partial charge in [0.15, 0.2) is 0 Å². The first-order chi connectivity index (χ1) is 12.6. The summed E-state index contributed by atoms with van der Waals surface area (Å²) >= 11 is 11.9. The Kier molecular flexibility index (Phi) is 7.49. The van der Waals surface area contributed by atoms with E-state index in [1.54, 1.807) is 36.4 Å². The van der Waals surface area contributed by atoms with Gasteiger partial charge in [0.1, 0.15) is 5.76 Å². The average molecular weight is 432 g/mol. The van der Waals surface area contributed by atoms with E-state index in [1.807, 2.05) is 0 Å². The number of aromatic carboxylic acids is 1. The summed E-state index contributed by atoms with van der Waals surface area (Å²) in [6.45, 7) is 0.476. The van der Waals surface area contributed by atoms with E-state index in [4.69, 9.17) is 32.7 Å². The maximum atomic E-state index is 12.0. The van der Waals surface area contributed by atoms with Crippen molar-refractivity contribution in [2.75, 3.05) is 19.3 Å². The molecule has 0 unspecified atom stereocenters. The Bertz CT molecular complexity index is 917. The average Bonchev–Trinajstić information content (AvgIpc) is 3.00. The third-order valence-electron chi connectivity index (χ3n) is 3.68. The van der Waals surface area contributed by atoms with Crippen LogP contribution < -0.4 is 0 Å². The van der Waals surface area contributed by atoms with Gasteiger partial charge in [-0.3, -0.25) is 0 Å². The third kappa shape index (κ3) is 7.03. The van der Waals surface area contributed by atoms with E-state index < -0.39 is 16.0 Å². The SMILES string of the molecule is CS(=O)(=O)N(C/C=C/c1cc(Cl)cc(Cl)c1)CCCc1ccc(C(=O)O)o1. The van der Waals surface area contributed by atoms with E-state index >= 15 is 0 Å². The molecule has 0 spiro atoms. The van der Waals surface area contributed by atoms with Crippen molar-refractivity contribution >= 4 is 45.3 Å². The lowest BCUT2D eigenvalue weighted by Gasteiger charge is -2.17. The molecular formula is C18H19Cl2NO5S. The Morgan fingerprint density at radius 2 is 1.89 bits per heavy atom. The molecule has 0 aliphatic carbocycles. The molecule has 0 bridgehead atoms. The van der Waals surface area contributed by atoms with E-state index in [0.29, 0.717) is 28.6 Å². The van der Waals surface area contributed by atoms with Crippen molar-refractivity contribution in [1.29, 1.82) is 0 Å². The molecule has 1 N–H and O–H groups in total. The Morgan fingerprint density at radius 3 is 2.44 bits per heavy atom. The van der Waals surface area contributed by atoms with Gasteiger partial charge in [0.25, 0.3) is 0 Å². The molecule has 27 heavy (non-hydrogen) atoms. The molecule has 0 amide bonds. The molecular weight excluding hydrogens is 413 g/mol. The number of carbonyl (C=O) groups is 1. The van der Waals surface area contributed by atoms with Crippen molar-refractivity contribution in [2.24, 2.45) is 0 Å². The number of sulfonamides is 1. The highest BCUT2D eigenvalue weighted by Gasteiger charge is 2.15. The maximum absolute atomic E-state index is 12.0. The lowest BCUT2D eigenvalue weighted by Crippen LogP contribution is -2.31. The van der Waals surface area contributed by atoms with Gasteiger partial charge in [0.2, 0.25) is 15.8 Å². The van der Waals surface area contributed by atoms with Crippen LogP contribution in [0.5, 0.6) is 0 Å². The first-order valence-corrected chi connectivity index (χ1v) is 10.7. The molecule has 146 valence electrons. The highest BCUT2D eigenvalue weighted by Crippen LogP contribution is 2.20. The fourth-order valence-electron chi connectivity index (χ4n) is 2.43. The van der Waals surface area contributed by atoms with Crippen molar-refractivity contribution in [3.63, 3.8) is 0 Å². The highest BCUT2D eigenvalue weighted by atomic mass is 35.5. The van der Waals surface area contributed by atoms with Crippen LogP contribution in [0.4, 0.5) is 0 Å². The summed E-state index contributed by atoms with van der Waals surface area (Å²) in [7, 11) is -3.39. The van der Waals surface area contributed by atoms with Gasteiger partial charge in [0, 0.05) is 29.6 Å². The lowest BCUT2D eigenvalue weighted by atomic mass is 10.2. The molecule has 0 fully saturated rings. The van der Waals surface area contributed by atoms with Crippen molar-refractivity contribution in [3.8, 4) is 0 Å². The monoisotopic (exact) mass is 431 g/mol. The number of aryl methyl sites for hydroxylation is 1. The summed E-state index contributed by atoms with van der Waals surface area (Å²) < 4.78 is 30.4. The van der Waals surface area contributed by atoms with Crippen LogP contribution in [0.25, 0.3) is 6.08 Å². The van der Waals surface area contributed by atoms with Gasteiger partial charge in [-0.05, 0) is 42.3 Å². The zero-order chi connectivity index (χ0) is 20.0. The van der Waals surface area contributed by atoms with Crippen LogP contribution in [0.3, 0.4) is 0 Å². The van der Waals surface area contributed by atoms with Crippen LogP contribution in [-0.4, -0.2) is 43.1 Å². The molecule has 0 saturated heterocycles. The minimum atomic E-state index is -3.39. The number of furan rings is 1. The Morgan fingerprint density at radius 1 is 1.22 bits per heavy atom. The van der Waals surface area contributed by atoms with Crippen LogP contribution in [0.15, 0.2) is 40.8 Å². The molecule has 0 aliphatic rings. The van der Waals surface area contributed by atoms with Crippen molar-refractivity contribution in [2.45, 2.75) is 12.8 Å². The molecule has 2 aromatic rings. The molecule has 0 radical (unpaired) electrons. The predicted molar refractivity (Wildman–Crippen MR) is 106 cm³/mol. The van der Waals surface area contributed by atoms with Gasteiger partial charge in [0.05, 0.1) is 6.26 Å². The molecule has 0 atom stereocenters. The van der Waals surface area contributed by atoms with Gasteiger partial charge in [-0.25, -0.2) is 13.2 Å². The number of benzene rings is 1. The maximum Gasteiger partial charge on any atom is 0.371 e. The standard InChI is InChI=1S/C18H19Cl2NO5S/c1-27(24,25)21(8-2-4-13-10-14(19)12-15(20)11-13)9-3-5-16-6-7-17(26-16)18(22)23/h2,4,6-7,10-12H,3,5,8-9H2,1H3,(H,22,23)/b4-2+. The quantitative estimate of drug-likeness (QED) is 0.642. The summed E-state index contributed by atoms with van der Waals surface area (Å²) in [4.78, 5) is 10.8. The number of hydrogen-bond acceptors (Lipinski definition) is 4. The topological polar surface area (TPSA) is 87.8 Å². The Hall–Kier alpha value is -1.80. The summed E-state index contributed by atoms with van der Waals surface area (Å²) in [5.74, 6) is -0.761. The van der Waals surface area contributed by atoms with Gasteiger partial charge < -0.3 is 9.52 Å². The van der Waals surface area contributed by atoms with Crippen molar-refractivity contribution in [3.05, 3.63) is 63.5 Å². The van der Waals surface area contributed by atoms with Crippen LogP contribution >= 0.6 is 23.2 Å². The number of carboxylic acids is 1. The second-order valence-corrected chi connectivity index (χ2v) is 8.76. The molecule has 1 heterocycles. The first kappa shape index (κ1) is 21.5. The number of nitrogens with zero attached hydrogens (tertiary/aromatic N) is 1. The van der Waals surface area contributed by atoms with Gasteiger partial charge in [-0.1, -0.05) is 35.4 Å². The zero-order valence-electron chi connectivity index (χ0n) is 14.6. The van der Waals surface area contributed by atoms with Crippen LogP contribution in [0, 0.1) is 0 Å². The normalized spacial score (nSPS) is 12.1. The fourth-order valence-corrected chi connectivity index (χ4v) is 3.79. The minimum absolute atomic E-state index is 0.131. The summed E-state index contributed by atoms with van der Waals surface area (Å²) in [5.41, 5.74) is 0.776. The number of halogens is 2. The second kappa shape index (κ2) is 9.41. The third-order valence-corrected chi connectivity index (χ3v) is 5.38. The molecule has 9 heteroatoms. The van der Waals surface area contributed by atoms with Crippen LogP contribution in [-0.2, 0) is 16.4 Å². The van der Waals surface area contributed by atoms with Crippen molar-refractivity contribution < 1.29 is 22.7 Å². The molecule has 1 aromatic heterocycles. The highest BCUT2D eigenvalue weighted by molar-refractivity contribution is 7.88. The van der Waals surface area contributed by atoms with E-state index in [9.17, 15) is 13.2 Å². The smallest absolute Gasteiger partial charge is 0.371 e. The number of rotatable bonds is 9. The molecule has 2 rings (SSSR count). The molecule has 0 aliphatic heterocycles. The van der Waals surface area contributed by atoms with Crippen LogP contribution in [0.2, 0.25) is 10.0 Å². The first-order valence-electron chi connectivity index (χ1n) is 8.05. The van der Waals surface area contributed by atoms with Crippen molar-refractivity contribution in [1.82, 2.24) is 4.31 Å². The summed E-state index contributed by atoms with van der Waals surface area (Å²) in [5, 5.41) is 9.84. The van der Waals surface area contributed by atoms with Gasteiger partial charge in [-0.2, -0.15) is 4.31 Å². The van der Waals surface area contributed by atoms with E-state index in [0.717, 1.165) is 11.8 Å². The largest absolute Gasteiger partial charge is 0.475 e. The Balaban J connectivity index is 1.94. The van der Waals surface area contributed by atoms with E-state index in [2.05, 4.69) is 0 Å². The second-order valence-electron chi connectivity index (χ2n) is 5.90. The van der Waals surface area contributed by atoms with Crippen LogP contribution in [0.1, 0.15) is 28.3 Å². The molecule has 0 saturated carbocycles. The van der Waals surface area contributed by atoms with E-state index in [-0.39, 0.29) is 18.8 Å². The lowest BCUT2D eigenvalue weighted by molar-refractivity contribution is 0.0660. The van der Waals surface area contributed by atoms with E-state index in [1.165, 1.54) is 10.4 Å². The molecule has 1 aromatic carbocycles. The number of hydrogen-bond donors (Lipinski definition) is 1. The van der Waals surface area contributed by atoms with Gasteiger partial charge >= 0.3 is 5.97 Å². The van der Waals surface area contributed by atoms with Gasteiger partial charge in [-0.15, -0.1) is 0 Å². The predicted octanol–water partition coefficient (Wildman–Crippen LogP) is 4.19. The summed E-state index contributed by atoms with van der Waals surface area (Å²) in [6, 6.07) is 8.03. The fraction of sp³-hybridized carbons (Fsp3) is 0.278. The summed E-state index contributed by atoms with van der Waals surface area (Å²) in [6.07, 6.45) is 5.55. The Labute approximate surface area is 168 Å². The zero-order valence-corrected chi connectivity index (χ0v) is 16.9. The molecule has 6 nitrogen and oxygen atoms in total. The minimum Gasteiger partial charge on any atom is -0.475 e.